The molecule has 17 heavy (non-hydrogen) atoms. The van der Waals surface area contributed by atoms with Crippen LogP contribution in [0.15, 0.2) is 24.3 Å². The summed E-state index contributed by atoms with van der Waals surface area (Å²) in [6, 6.07) is 5.79. The van der Waals surface area contributed by atoms with Crippen molar-refractivity contribution >= 4 is 5.91 Å². The Kier molecular flexibility index (Phi) is 4.46. The number of halogens is 2. The Labute approximate surface area is 98.0 Å². The fourth-order valence-electron chi connectivity index (χ4n) is 1.26. The Bertz CT molecular complexity index is 440. The molecule has 0 radical (unpaired) electrons. The van der Waals surface area contributed by atoms with Gasteiger partial charge >= 0.3 is 6.61 Å². The van der Waals surface area contributed by atoms with Crippen LogP contribution in [0.3, 0.4) is 0 Å². The fraction of sp³-hybridized carbons (Fsp3) is 0.250. The number of rotatable bonds is 4. The van der Waals surface area contributed by atoms with Gasteiger partial charge in [-0.2, -0.15) is 8.78 Å². The van der Waals surface area contributed by atoms with Gasteiger partial charge in [0.15, 0.2) is 0 Å². The van der Waals surface area contributed by atoms with Crippen LogP contribution >= 0.6 is 0 Å². The highest BCUT2D eigenvalue weighted by atomic mass is 19.3. The lowest BCUT2D eigenvalue weighted by Gasteiger charge is -2.16. The summed E-state index contributed by atoms with van der Waals surface area (Å²) in [7, 11) is 1.49. The summed E-state index contributed by atoms with van der Waals surface area (Å²) in [4.78, 5) is 13.1. The monoisotopic (exact) mass is 239 g/mol. The maximum atomic E-state index is 12.1. The van der Waals surface area contributed by atoms with Crippen LogP contribution in [0.5, 0.6) is 5.75 Å². The number of hydrogen-bond donors (Lipinski definition) is 0. The molecule has 0 aromatic heterocycles. The van der Waals surface area contributed by atoms with E-state index in [1.807, 2.05) is 0 Å². The summed E-state index contributed by atoms with van der Waals surface area (Å²) in [5, 5.41) is 0. The van der Waals surface area contributed by atoms with Crippen molar-refractivity contribution in [2.24, 2.45) is 0 Å². The molecule has 1 rings (SSSR count). The molecule has 0 unspecified atom stereocenters. The predicted octanol–water partition coefficient (Wildman–Crippen LogP) is 1.99. The largest absolute Gasteiger partial charge is 0.434 e. The molecule has 0 aliphatic rings. The van der Waals surface area contributed by atoms with Crippen molar-refractivity contribution in [2.45, 2.75) is 6.61 Å². The van der Waals surface area contributed by atoms with Crippen molar-refractivity contribution in [3.8, 4) is 18.1 Å². The van der Waals surface area contributed by atoms with Gasteiger partial charge in [-0.25, -0.2) is 0 Å². The summed E-state index contributed by atoms with van der Waals surface area (Å²) in [6.45, 7) is -2.87. The van der Waals surface area contributed by atoms with Crippen LogP contribution in [0.4, 0.5) is 8.78 Å². The Morgan fingerprint density at radius 3 is 2.76 bits per heavy atom. The van der Waals surface area contributed by atoms with Gasteiger partial charge in [0.05, 0.1) is 12.1 Å². The maximum absolute atomic E-state index is 12.1. The summed E-state index contributed by atoms with van der Waals surface area (Å²) in [6.07, 6.45) is 5.07. The van der Waals surface area contributed by atoms with Crippen LogP contribution in [0.25, 0.3) is 0 Å². The zero-order valence-corrected chi connectivity index (χ0v) is 9.19. The lowest BCUT2D eigenvalue weighted by atomic mass is 10.2. The molecule has 3 nitrogen and oxygen atoms in total. The van der Waals surface area contributed by atoms with Crippen molar-refractivity contribution in [3.63, 3.8) is 0 Å². The smallest absolute Gasteiger partial charge is 0.387 e. The van der Waals surface area contributed by atoms with E-state index in [1.165, 1.54) is 30.1 Å². The summed E-state index contributed by atoms with van der Waals surface area (Å²) < 4.78 is 28.5. The zero-order chi connectivity index (χ0) is 12.8. The van der Waals surface area contributed by atoms with Gasteiger partial charge < -0.3 is 9.64 Å². The summed E-state index contributed by atoms with van der Waals surface area (Å²) in [5.74, 6) is 1.68. The zero-order valence-electron chi connectivity index (χ0n) is 9.19. The number of nitrogens with zero attached hydrogens (tertiary/aromatic N) is 1. The molecule has 0 aliphatic carbocycles. The number of carbonyl (C=O) groups is 1. The molecule has 0 saturated carbocycles. The van der Waals surface area contributed by atoms with Crippen molar-refractivity contribution in [1.29, 1.82) is 0 Å². The first-order valence-corrected chi connectivity index (χ1v) is 4.79. The third kappa shape index (κ3) is 3.45. The molecule has 0 fully saturated rings. The van der Waals surface area contributed by atoms with Crippen LogP contribution in [0.2, 0.25) is 0 Å². The van der Waals surface area contributed by atoms with Gasteiger partial charge in [0, 0.05) is 7.05 Å². The van der Waals surface area contributed by atoms with Crippen LogP contribution in [0.1, 0.15) is 10.4 Å². The number of benzene rings is 1. The highest BCUT2D eigenvalue weighted by molar-refractivity contribution is 5.96. The van der Waals surface area contributed by atoms with Crippen LogP contribution < -0.4 is 4.74 Å². The molecule has 0 spiro atoms. The number of alkyl halides is 2. The van der Waals surface area contributed by atoms with Gasteiger partial charge in [-0.3, -0.25) is 4.79 Å². The Balaban J connectivity index is 2.97. The van der Waals surface area contributed by atoms with E-state index >= 15 is 0 Å². The molecule has 1 aromatic carbocycles. The van der Waals surface area contributed by atoms with E-state index in [2.05, 4.69) is 10.7 Å². The number of carbonyl (C=O) groups excluding carboxylic acids is 1. The van der Waals surface area contributed by atoms with Crippen molar-refractivity contribution in [3.05, 3.63) is 29.8 Å². The van der Waals surface area contributed by atoms with Gasteiger partial charge in [-0.05, 0) is 12.1 Å². The van der Waals surface area contributed by atoms with Gasteiger partial charge in [-0.1, -0.05) is 18.1 Å². The lowest BCUT2D eigenvalue weighted by Crippen LogP contribution is -2.27. The van der Waals surface area contributed by atoms with E-state index in [-0.39, 0.29) is 17.9 Å². The first kappa shape index (κ1) is 13.0. The minimum Gasteiger partial charge on any atom is -0.434 e. The molecule has 1 aromatic rings. The Morgan fingerprint density at radius 2 is 2.18 bits per heavy atom. The number of ether oxygens (including phenoxy) is 1. The molecular formula is C12H11F2NO2. The SMILES string of the molecule is C#CCN(C)C(=O)c1ccccc1OC(F)F. The second-order valence-corrected chi connectivity index (χ2v) is 3.24. The molecular weight excluding hydrogens is 228 g/mol. The second-order valence-electron chi connectivity index (χ2n) is 3.24. The molecule has 0 atom stereocenters. The van der Waals surface area contributed by atoms with Gasteiger partial charge in [0.25, 0.3) is 5.91 Å². The second kappa shape index (κ2) is 5.85. The third-order valence-electron chi connectivity index (χ3n) is 2.01. The van der Waals surface area contributed by atoms with Gasteiger partial charge in [0.1, 0.15) is 5.75 Å². The average molecular weight is 239 g/mol. The summed E-state index contributed by atoms with van der Waals surface area (Å²) >= 11 is 0. The highest BCUT2D eigenvalue weighted by Gasteiger charge is 2.17. The normalized spacial score (nSPS) is 9.82. The van der Waals surface area contributed by atoms with E-state index in [0.717, 1.165) is 0 Å². The quantitative estimate of drug-likeness (QED) is 0.752. The van der Waals surface area contributed by atoms with E-state index in [0.29, 0.717) is 0 Å². The molecule has 0 bridgehead atoms. The number of amides is 1. The van der Waals surface area contributed by atoms with Crippen molar-refractivity contribution in [2.75, 3.05) is 13.6 Å². The van der Waals surface area contributed by atoms with Crippen LogP contribution in [-0.2, 0) is 0 Å². The molecule has 0 saturated heterocycles. The van der Waals surface area contributed by atoms with E-state index < -0.39 is 12.5 Å². The summed E-state index contributed by atoms with van der Waals surface area (Å²) in [5.41, 5.74) is 0.0607. The maximum Gasteiger partial charge on any atom is 0.387 e. The van der Waals surface area contributed by atoms with E-state index in [4.69, 9.17) is 6.42 Å². The first-order chi connectivity index (χ1) is 8.06. The van der Waals surface area contributed by atoms with Crippen molar-refractivity contribution < 1.29 is 18.3 Å². The average Bonchev–Trinajstić information content (AvgIpc) is 2.28. The minimum atomic E-state index is -2.97. The van der Waals surface area contributed by atoms with Gasteiger partial charge in [0.2, 0.25) is 0 Å². The van der Waals surface area contributed by atoms with Gasteiger partial charge in [-0.15, -0.1) is 6.42 Å². The molecule has 5 heteroatoms. The predicted molar refractivity (Wildman–Crippen MR) is 58.9 cm³/mol. The first-order valence-electron chi connectivity index (χ1n) is 4.79. The number of hydrogen-bond acceptors (Lipinski definition) is 2. The molecule has 0 N–H and O–H groups in total. The Morgan fingerprint density at radius 1 is 1.53 bits per heavy atom. The Hall–Kier alpha value is -2.09. The lowest BCUT2D eigenvalue weighted by molar-refractivity contribution is -0.0502. The standard InChI is InChI=1S/C12H11F2NO2/c1-3-8-15(2)11(16)9-6-4-5-7-10(9)17-12(13)14/h1,4-7,12H,8H2,2H3. The van der Waals surface area contributed by atoms with E-state index in [9.17, 15) is 13.6 Å². The highest BCUT2D eigenvalue weighted by Crippen LogP contribution is 2.21. The molecule has 0 aliphatic heterocycles. The van der Waals surface area contributed by atoms with Crippen LogP contribution in [-0.4, -0.2) is 31.0 Å². The number of terminal acetylenes is 1. The van der Waals surface area contributed by atoms with Crippen molar-refractivity contribution in [1.82, 2.24) is 4.90 Å². The number of para-hydroxylation sites is 1. The third-order valence-corrected chi connectivity index (χ3v) is 2.01. The van der Waals surface area contributed by atoms with Crippen LogP contribution in [0, 0.1) is 12.3 Å². The molecule has 90 valence electrons. The fourth-order valence-corrected chi connectivity index (χ4v) is 1.26. The molecule has 0 heterocycles. The topological polar surface area (TPSA) is 29.5 Å². The molecule has 1 amide bonds. The minimum absolute atomic E-state index is 0.0607. The van der Waals surface area contributed by atoms with E-state index in [1.54, 1.807) is 6.07 Å².